The van der Waals surface area contributed by atoms with Crippen molar-refractivity contribution in [3.63, 3.8) is 0 Å². The largest absolute Gasteiger partial charge is 0.493 e. The lowest BCUT2D eigenvalue weighted by Gasteiger charge is -2.10. The highest BCUT2D eigenvalue weighted by atomic mass is 32.1. The Balaban J connectivity index is 1.71. The number of carbonyl (C=O) groups is 1. The number of para-hydroxylation sites is 1. The van der Waals surface area contributed by atoms with Crippen molar-refractivity contribution in [2.24, 2.45) is 0 Å². The standard InChI is InChI=1S/C22H21N3O6S/c1-5-30-22(27)16-12(2)31-19-17(16)21(26)25(11-23-19)9-13-10-32-20(24-13)14-7-6-8-15(28-3)18(14)29-4/h6-8,10-11H,5,9H2,1-4H3. The molecule has 0 spiro atoms. The Bertz CT molecular complexity index is 1350. The van der Waals surface area contributed by atoms with Crippen molar-refractivity contribution in [2.45, 2.75) is 20.4 Å². The number of carbonyl (C=O) groups excluding carboxylic acids is 1. The summed E-state index contributed by atoms with van der Waals surface area (Å²) in [5.41, 5.74) is 1.26. The summed E-state index contributed by atoms with van der Waals surface area (Å²) in [4.78, 5) is 34.3. The lowest BCUT2D eigenvalue weighted by molar-refractivity contribution is 0.0526. The van der Waals surface area contributed by atoms with Crippen molar-refractivity contribution in [3.8, 4) is 22.1 Å². The van der Waals surface area contributed by atoms with Gasteiger partial charge < -0.3 is 18.6 Å². The van der Waals surface area contributed by atoms with E-state index >= 15 is 0 Å². The minimum absolute atomic E-state index is 0.104. The molecule has 3 heterocycles. The van der Waals surface area contributed by atoms with Crippen LogP contribution in [0.1, 0.15) is 28.7 Å². The third-order valence-electron chi connectivity index (χ3n) is 4.85. The highest BCUT2D eigenvalue weighted by molar-refractivity contribution is 7.13. The Kier molecular flexibility index (Phi) is 5.95. The molecule has 166 valence electrons. The second kappa shape index (κ2) is 8.83. The SMILES string of the molecule is CCOC(=O)c1c(C)oc2ncn(Cc3csc(-c4cccc(OC)c4OC)n3)c(=O)c12. The summed E-state index contributed by atoms with van der Waals surface area (Å²) < 4.78 is 22.8. The van der Waals surface area contributed by atoms with E-state index in [1.54, 1.807) is 28.1 Å². The Morgan fingerprint density at radius 2 is 2.06 bits per heavy atom. The minimum Gasteiger partial charge on any atom is -0.493 e. The van der Waals surface area contributed by atoms with E-state index in [0.717, 1.165) is 10.6 Å². The lowest BCUT2D eigenvalue weighted by atomic mass is 10.2. The fourth-order valence-electron chi connectivity index (χ4n) is 3.43. The normalized spacial score (nSPS) is 11.0. The van der Waals surface area contributed by atoms with E-state index in [2.05, 4.69) is 9.97 Å². The Labute approximate surface area is 187 Å². The van der Waals surface area contributed by atoms with Gasteiger partial charge in [-0.2, -0.15) is 0 Å². The first kappa shape index (κ1) is 21.6. The van der Waals surface area contributed by atoms with E-state index in [9.17, 15) is 9.59 Å². The molecule has 4 rings (SSSR count). The van der Waals surface area contributed by atoms with E-state index in [-0.39, 0.29) is 29.8 Å². The summed E-state index contributed by atoms with van der Waals surface area (Å²) in [7, 11) is 3.15. The number of fused-ring (bicyclic) bond motifs is 1. The maximum atomic E-state index is 13.1. The van der Waals surface area contributed by atoms with Gasteiger partial charge in [-0.15, -0.1) is 11.3 Å². The molecule has 1 aromatic carbocycles. The molecule has 0 bridgehead atoms. The predicted octanol–water partition coefficient (Wildman–Crippen LogP) is 3.66. The molecule has 10 heteroatoms. The van der Waals surface area contributed by atoms with Crippen molar-refractivity contribution >= 4 is 28.4 Å². The molecular formula is C22H21N3O6S. The number of furan rings is 1. The van der Waals surface area contributed by atoms with Gasteiger partial charge in [0.05, 0.1) is 38.6 Å². The van der Waals surface area contributed by atoms with Gasteiger partial charge in [0.2, 0.25) is 5.71 Å². The number of benzene rings is 1. The number of aryl methyl sites for hydroxylation is 1. The van der Waals surface area contributed by atoms with Gasteiger partial charge in [0.1, 0.15) is 28.0 Å². The fourth-order valence-corrected chi connectivity index (χ4v) is 4.27. The van der Waals surface area contributed by atoms with Crippen LogP contribution in [0.2, 0.25) is 0 Å². The summed E-state index contributed by atoms with van der Waals surface area (Å²) in [6.45, 7) is 3.67. The lowest BCUT2D eigenvalue weighted by Crippen LogP contribution is -2.22. The fraction of sp³-hybridized carbons (Fsp3) is 0.273. The number of hydrogen-bond acceptors (Lipinski definition) is 9. The molecule has 0 aliphatic rings. The molecule has 0 saturated carbocycles. The highest BCUT2D eigenvalue weighted by Gasteiger charge is 2.24. The van der Waals surface area contributed by atoms with Crippen molar-refractivity contribution in [3.05, 3.63) is 57.3 Å². The minimum atomic E-state index is -0.610. The summed E-state index contributed by atoms with van der Waals surface area (Å²) in [5, 5.41) is 2.69. The molecular weight excluding hydrogens is 434 g/mol. The van der Waals surface area contributed by atoms with Gasteiger partial charge in [-0.3, -0.25) is 9.36 Å². The first-order chi connectivity index (χ1) is 15.5. The summed E-state index contributed by atoms with van der Waals surface area (Å²) >= 11 is 1.42. The van der Waals surface area contributed by atoms with Gasteiger partial charge in [-0.05, 0) is 26.0 Å². The number of aromatic nitrogens is 3. The first-order valence-corrected chi connectivity index (χ1v) is 10.7. The highest BCUT2D eigenvalue weighted by Crippen LogP contribution is 2.39. The van der Waals surface area contributed by atoms with Gasteiger partial charge in [-0.25, -0.2) is 14.8 Å². The molecule has 0 unspecified atom stereocenters. The van der Waals surface area contributed by atoms with Crippen molar-refractivity contribution < 1.29 is 23.4 Å². The van der Waals surface area contributed by atoms with Crippen LogP contribution >= 0.6 is 11.3 Å². The topological polar surface area (TPSA) is 106 Å². The molecule has 0 aliphatic heterocycles. The average Bonchev–Trinajstić information content (AvgIpc) is 3.39. The van der Waals surface area contributed by atoms with E-state index in [4.69, 9.17) is 18.6 Å². The van der Waals surface area contributed by atoms with Crippen molar-refractivity contribution in [1.29, 1.82) is 0 Å². The predicted molar refractivity (Wildman–Crippen MR) is 119 cm³/mol. The van der Waals surface area contributed by atoms with Crippen molar-refractivity contribution in [1.82, 2.24) is 14.5 Å². The second-order valence-electron chi connectivity index (χ2n) is 6.80. The number of esters is 1. The molecule has 3 aromatic heterocycles. The van der Waals surface area contributed by atoms with Gasteiger partial charge >= 0.3 is 5.97 Å². The van der Waals surface area contributed by atoms with Crippen LogP contribution in [0.15, 0.2) is 39.1 Å². The third-order valence-corrected chi connectivity index (χ3v) is 5.78. The van der Waals surface area contributed by atoms with Crippen molar-refractivity contribution in [2.75, 3.05) is 20.8 Å². The average molecular weight is 455 g/mol. The smallest absolute Gasteiger partial charge is 0.342 e. The molecule has 32 heavy (non-hydrogen) atoms. The van der Waals surface area contributed by atoms with Crippen LogP contribution < -0.4 is 15.0 Å². The van der Waals surface area contributed by atoms with Crippen LogP contribution in [-0.2, 0) is 11.3 Å². The monoisotopic (exact) mass is 455 g/mol. The van der Waals surface area contributed by atoms with Gasteiger partial charge in [0.15, 0.2) is 11.5 Å². The van der Waals surface area contributed by atoms with Crippen LogP contribution in [0.5, 0.6) is 11.5 Å². The van der Waals surface area contributed by atoms with Crippen LogP contribution in [0, 0.1) is 6.92 Å². The third kappa shape index (κ3) is 3.73. The van der Waals surface area contributed by atoms with Gasteiger partial charge in [0, 0.05) is 5.38 Å². The van der Waals surface area contributed by atoms with Gasteiger partial charge in [-0.1, -0.05) is 6.07 Å². The van der Waals surface area contributed by atoms with E-state index in [1.807, 2.05) is 23.6 Å². The maximum absolute atomic E-state index is 13.1. The molecule has 0 aliphatic carbocycles. The molecule has 4 aromatic rings. The summed E-state index contributed by atoms with van der Waals surface area (Å²) in [6.07, 6.45) is 1.38. The Hall–Kier alpha value is -3.66. The van der Waals surface area contributed by atoms with Gasteiger partial charge in [0.25, 0.3) is 5.56 Å². The summed E-state index contributed by atoms with van der Waals surface area (Å²) in [5.74, 6) is 0.877. The number of ether oxygens (including phenoxy) is 3. The van der Waals surface area contributed by atoms with E-state index in [1.165, 1.54) is 22.2 Å². The number of hydrogen-bond donors (Lipinski definition) is 0. The van der Waals surface area contributed by atoms with Crippen LogP contribution in [0.25, 0.3) is 21.7 Å². The molecule has 0 N–H and O–H groups in total. The molecule has 9 nitrogen and oxygen atoms in total. The number of nitrogens with zero attached hydrogens (tertiary/aromatic N) is 3. The Morgan fingerprint density at radius 3 is 2.78 bits per heavy atom. The zero-order valence-electron chi connectivity index (χ0n) is 18.0. The van der Waals surface area contributed by atoms with Crippen LogP contribution in [0.4, 0.5) is 0 Å². The molecule has 0 atom stereocenters. The zero-order chi connectivity index (χ0) is 22.8. The summed E-state index contributed by atoms with van der Waals surface area (Å²) in [6, 6.07) is 5.56. The Morgan fingerprint density at radius 1 is 1.25 bits per heavy atom. The number of methoxy groups -OCH3 is 2. The van der Waals surface area contributed by atoms with E-state index in [0.29, 0.717) is 23.0 Å². The molecule has 0 amide bonds. The molecule has 0 saturated heterocycles. The zero-order valence-corrected chi connectivity index (χ0v) is 18.8. The number of thiazole rings is 1. The van der Waals surface area contributed by atoms with Crippen LogP contribution in [0.3, 0.4) is 0 Å². The van der Waals surface area contributed by atoms with Crippen LogP contribution in [-0.4, -0.2) is 41.3 Å². The quantitative estimate of drug-likeness (QED) is 0.389. The first-order valence-electron chi connectivity index (χ1n) is 9.79. The van der Waals surface area contributed by atoms with E-state index < -0.39 is 11.5 Å². The number of rotatable bonds is 7. The second-order valence-corrected chi connectivity index (χ2v) is 7.65. The maximum Gasteiger partial charge on any atom is 0.342 e. The molecule has 0 fully saturated rings. The molecule has 0 radical (unpaired) electrons.